The molecule has 1 aliphatic carbocycles. The lowest BCUT2D eigenvalue weighted by Gasteiger charge is -2.11. The van der Waals surface area contributed by atoms with Gasteiger partial charge in [-0.25, -0.2) is 4.98 Å². The molecule has 0 bridgehead atoms. The molecule has 0 radical (unpaired) electrons. The molecule has 2 aromatic rings. The number of nitrogens with one attached hydrogen (secondary N) is 1. The Bertz CT molecular complexity index is 550. The second-order valence-corrected chi connectivity index (χ2v) is 5.03. The summed E-state index contributed by atoms with van der Waals surface area (Å²) in [4.78, 5) is 4.06. The molecule has 1 fully saturated rings. The smallest absolute Gasteiger partial charge is 0.152 e. The summed E-state index contributed by atoms with van der Waals surface area (Å²) in [5, 5.41) is 3.89. The number of halogens is 1. The van der Waals surface area contributed by atoms with Crippen LogP contribution in [-0.2, 0) is 6.54 Å². The molecular formula is C15H15ClN2. The number of anilines is 1. The molecule has 1 heterocycles. The van der Waals surface area contributed by atoms with Crippen molar-refractivity contribution < 1.29 is 0 Å². The van der Waals surface area contributed by atoms with E-state index >= 15 is 0 Å². The first-order valence-electron chi connectivity index (χ1n) is 6.27. The molecular weight excluding hydrogens is 244 g/mol. The maximum absolute atomic E-state index is 6.03. The fourth-order valence-corrected chi connectivity index (χ4v) is 2.38. The molecule has 1 aliphatic rings. The Kier molecular flexibility index (Phi) is 3.20. The van der Waals surface area contributed by atoms with Gasteiger partial charge in [0.1, 0.15) is 0 Å². The van der Waals surface area contributed by atoms with Crippen LogP contribution in [0.4, 0.5) is 5.69 Å². The Hall–Kier alpha value is -1.54. The number of hydrogen-bond donors (Lipinski definition) is 1. The Balaban J connectivity index is 1.75. The van der Waals surface area contributed by atoms with Crippen LogP contribution in [0, 0.1) is 0 Å². The lowest BCUT2D eigenvalue weighted by Crippen LogP contribution is -2.03. The van der Waals surface area contributed by atoms with Crippen LogP contribution in [0.5, 0.6) is 0 Å². The van der Waals surface area contributed by atoms with Crippen molar-refractivity contribution in [2.24, 2.45) is 0 Å². The van der Waals surface area contributed by atoms with Crippen molar-refractivity contribution >= 4 is 17.3 Å². The summed E-state index contributed by atoms with van der Waals surface area (Å²) in [6.45, 7) is 0.804. The molecule has 0 spiro atoms. The lowest BCUT2D eigenvalue weighted by atomic mass is 10.0. The molecule has 92 valence electrons. The highest BCUT2D eigenvalue weighted by Crippen LogP contribution is 2.41. The molecule has 3 rings (SSSR count). The van der Waals surface area contributed by atoms with Crippen LogP contribution in [0.1, 0.15) is 29.9 Å². The highest BCUT2D eigenvalue weighted by atomic mass is 35.5. The van der Waals surface area contributed by atoms with Crippen molar-refractivity contribution in [1.29, 1.82) is 0 Å². The Morgan fingerprint density at radius 2 is 2.00 bits per heavy atom. The van der Waals surface area contributed by atoms with Gasteiger partial charge < -0.3 is 5.32 Å². The van der Waals surface area contributed by atoms with Gasteiger partial charge in [-0.15, -0.1) is 0 Å². The fraction of sp³-hybridized carbons (Fsp3) is 0.267. The number of pyridine rings is 1. The van der Waals surface area contributed by atoms with E-state index < -0.39 is 0 Å². The van der Waals surface area contributed by atoms with Crippen molar-refractivity contribution in [2.45, 2.75) is 25.3 Å². The van der Waals surface area contributed by atoms with E-state index in [2.05, 4.69) is 34.6 Å². The average molecular weight is 259 g/mol. The average Bonchev–Trinajstić information content (AvgIpc) is 3.23. The van der Waals surface area contributed by atoms with E-state index in [1.807, 2.05) is 12.1 Å². The molecule has 1 aromatic heterocycles. The summed E-state index contributed by atoms with van der Waals surface area (Å²) in [5.41, 5.74) is 3.73. The molecule has 0 aliphatic heterocycles. The van der Waals surface area contributed by atoms with E-state index in [1.54, 1.807) is 6.20 Å². The van der Waals surface area contributed by atoms with E-state index in [9.17, 15) is 0 Å². The predicted molar refractivity (Wildman–Crippen MR) is 75.0 cm³/mol. The molecule has 18 heavy (non-hydrogen) atoms. The van der Waals surface area contributed by atoms with Gasteiger partial charge in [-0.2, -0.15) is 0 Å². The van der Waals surface area contributed by atoms with E-state index in [0.29, 0.717) is 5.15 Å². The highest BCUT2D eigenvalue weighted by molar-refractivity contribution is 6.31. The molecule has 3 heteroatoms. The van der Waals surface area contributed by atoms with Gasteiger partial charge in [0.2, 0.25) is 0 Å². The van der Waals surface area contributed by atoms with Crippen molar-refractivity contribution in [3.63, 3.8) is 0 Å². The van der Waals surface area contributed by atoms with Crippen LogP contribution in [0.2, 0.25) is 5.15 Å². The third-order valence-corrected chi connectivity index (χ3v) is 3.60. The summed E-state index contributed by atoms with van der Waals surface area (Å²) < 4.78 is 0. The Labute approximate surface area is 112 Å². The van der Waals surface area contributed by atoms with Crippen molar-refractivity contribution in [3.8, 4) is 0 Å². The first kappa shape index (κ1) is 11.5. The predicted octanol–water partition coefficient (Wildman–Crippen LogP) is 4.22. The van der Waals surface area contributed by atoms with Gasteiger partial charge in [0.05, 0.1) is 5.69 Å². The number of nitrogens with zero attached hydrogens (tertiary/aromatic N) is 1. The zero-order valence-corrected chi connectivity index (χ0v) is 10.8. The third-order valence-electron chi connectivity index (χ3n) is 3.30. The van der Waals surface area contributed by atoms with Crippen molar-refractivity contribution in [1.82, 2.24) is 4.98 Å². The standard InChI is InChI=1S/C15H15ClN2/c16-15-14(6-3-9-17-15)18-10-12-4-1-2-5-13(12)11-7-8-11/h1-6,9,11,18H,7-8,10H2. The number of aromatic nitrogens is 1. The van der Waals surface area contributed by atoms with E-state index in [-0.39, 0.29) is 0 Å². The van der Waals surface area contributed by atoms with Gasteiger partial charge >= 0.3 is 0 Å². The first-order valence-corrected chi connectivity index (χ1v) is 6.64. The van der Waals surface area contributed by atoms with Crippen LogP contribution in [0.25, 0.3) is 0 Å². The van der Waals surface area contributed by atoms with Gasteiger partial charge in [0, 0.05) is 12.7 Å². The summed E-state index contributed by atoms with van der Waals surface area (Å²) in [6.07, 6.45) is 4.35. The molecule has 2 nitrogen and oxygen atoms in total. The molecule has 0 saturated heterocycles. The largest absolute Gasteiger partial charge is 0.378 e. The number of hydrogen-bond acceptors (Lipinski definition) is 2. The Morgan fingerprint density at radius 3 is 2.78 bits per heavy atom. The fourth-order valence-electron chi connectivity index (χ4n) is 2.20. The summed E-state index contributed by atoms with van der Waals surface area (Å²) in [6, 6.07) is 12.5. The minimum atomic E-state index is 0.529. The van der Waals surface area contributed by atoms with E-state index in [0.717, 1.165) is 18.2 Å². The topological polar surface area (TPSA) is 24.9 Å². The van der Waals surface area contributed by atoms with Gasteiger partial charge in [0.25, 0.3) is 0 Å². The summed E-state index contributed by atoms with van der Waals surface area (Å²) >= 11 is 6.03. The van der Waals surface area contributed by atoms with Crippen molar-refractivity contribution in [2.75, 3.05) is 5.32 Å². The monoisotopic (exact) mass is 258 g/mol. The zero-order valence-electron chi connectivity index (χ0n) is 10.1. The van der Waals surface area contributed by atoms with Crippen LogP contribution < -0.4 is 5.32 Å². The molecule has 0 atom stereocenters. The molecule has 1 saturated carbocycles. The normalized spacial score (nSPS) is 14.5. The van der Waals surface area contributed by atoms with Crippen LogP contribution in [0.3, 0.4) is 0 Å². The zero-order chi connectivity index (χ0) is 12.4. The second kappa shape index (κ2) is 4.99. The minimum absolute atomic E-state index is 0.529. The maximum atomic E-state index is 6.03. The highest BCUT2D eigenvalue weighted by Gasteiger charge is 2.25. The number of benzene rings is 1. The quantitative estimate of drug-likeness (QED) is 0.831. The van der Waals surface area contributed by atoms with Crippen molar-refractivity contribution in [3.05, 3.63) is 58.9 Å². The molecule has 1 aromatic carbocycles. The Morgan fingerprint density at radius 1 is 1.17 bits per heavy atom. The number of rotatable bonds is 4. The first-order chi connectivity index (χ1) is 8.84. The summed E-state index contributed by atoms with van der Waals surface area (Å²) in [7, 11) is 0. The van der Waals surface area contributed by atoms with Gasteiger partial charge in [-0.1, -0.05) is 35.9 Å². The minimum Gasteiger partial charge on any atom is -0.378 e. The summed E-state index contributed by atoms with van der Waals surface area (Å²) in [5.74, 6) is 0.771. The third kappa shape index (κ3) is 2.49. The second-order valence-electron chi connectivity index (χ2n) is 4.67. The molecule has 0 unspecified atom stereocenters. The van der Waals surface area contributed by atoms with Gasteiger partial charge in [-0.3, -0.25) is 0 Å². The van der Waals surface area contributed by atoms with E-state index in [4.69, 9.17) is 11.6 Å². The van der Waals surface area contributed by atoms with Gasteiger partial charge in [0.15, 0.2) is 5.15 Å². The van der Waals surface area contributed by atoms with Gasteiger partial charge in [-0.05, 0) is 42.0 Å². The van der Waals surface area contributed by atoms with E-state index in [1.165, 1.54) is 24.0 Å². The SMILES string of the molecule is Clc1ncccc1NCc1ccccc1C1CC1. The maximum Gasteiger partial charge on any atom is 0.152 e. The molecule has 1 N–H and O–H groups in total. The van der Waals surface area contributed by atoms with Crippen LogP contribution in [-0.4, -0.2) is 4.98 Å². The van der Waals surface area contributed by atoms with Crippen LogP contribution >= 0.6 is 11.6 Å². The van der Waals surface area contributed by atoms with Crippen LogP contribution in [0.15, 0.2) is 42.6 Å². The molecule has 0 amide bonds. The lowest BCUT2D eigenvalue weighted by molar-refractivity contribution is 1.03.